The van der Waals surface area contributed by atoms with Crippen LogP contribution in [-0.4, -0.2) is 45.4 Å². The molecule has 2 N–H and O–H groups in total. The smallest absolute Gasteiger partial charge is 0.277 e. The lowest BCUT2D eigenvalue weighted by Gasteiger charge is -2.05. The van der Waals surface area contributed by atoms with Gasteiger partial charge >= 0.3 is 0 Å². The molecule has 0 fully saturated rings. The molecular formula is C18H18N6O3. The molecule has 3 rings (SSSR count). The zero-order valence-corrected chi connectivity index (χ0v) is 14.6. The molecule has 2 aromatic heterocycles. The quantitative estimate of drug-likeness (QED) is 0.653. The second-order valence-electron chi connectivity index (χ2n) is 5.52. The Kier molecular flexibility index (Phi) is 5.73. The van der Waals surface area contributed by atoms with E-state index in [0.717, 1.165) is 0 Å². The number of hydrogen-bond acceptors (Lipinski definition) is 6. The van der Waals surface area contributed by atoms with Crippen LogP contribution >= 0.6 is 0 Å². The lowest BCUT2D eigenvalue weighted by Crippen LogP contribution is -2.28. The Balaban J connectivity index is 1.51. The summed E-state index contributed by atoms with van der Waals surface area (Å²) in [5, 5.41) is 13.2. The van der Waals surface area contributed by atoms with Gasteiger partial charge in [-0.3, -0.25) is 14.6 Å². The lowest BCUT2D eigenvalue weighted by molar-refractivity contribution is 0.0946. The molecule has 138 valence electrons. The van der Waals surface area contributed by atoms with Crippen LogP contribution in [0.5, 0.6) is 5.75 Å². The van der Waals surface area contributed by atoms with Crippen molar-refractivity contribution in [2.24, 2.45) is 0 Å². The molecule has 0 aliphatic carbocycles. The van der Waals surface area contributed by atoms with Gasteiger partial charge in [0, 0.05) is 24.5 Å². The van der Waals surface area contributed by atoms with Crippen molar-refractivity contribution in [2.75, 3.05) is 19.0 Å². The SMILES string of the molecule is COc1cccc(NC(=O)c2cn(CCNC(=O)c3ccccn3)nn2)c1. The molecule has 9 nitrogen and oxygen atoms in total. The maximum atomic E-state index is 12.2. The van der Waals surface area contributed by atoms with Crippen molar-refractivity contribution >= 4 is 17.5 Å². The van der Waals surface area contributed by atoms with Crippen LogP contribution < -0.4 is 15.4 Å². The number of carbonyl (C=O) groups is 2. The zero-order chi connectivity index (χ0) is 19.1. The minimum atomic E-state index is -0.382. The van der Waals surface area contributed by atoms with Gasteiger partial charge in [-0.15, -0.1) is 5.10 Å². The predicted octanol–water partition coefficient (Wildman–Crippen LogP) is 1.36. The van der Waals surface area contributed by atoms with E-state index in [1.807, 2.05) is 0 Å². The van der Waals surface area contributed by atoms with Gasteiger partial charge in [-0.2, -0.15) is 0 Å². The Hall–Kier alpha value is -3.75. The van der Waals surface area contributed by atoms with Crippen LogP contribution in [0.25, 0.3) is 0 Å². The fraction of sp³-hybridized carbons (Fsp3) is 0.167. The molecular weight excluding hydrogens is 348 g/mol. The van der Waals surface area contributed by atoms with Crippen LogP contribution in [0.1, 0.15) is 21.0 Å². The number of anilines is 1. The number of amides is 2. The highest BCUT2D eigenvalue weighted by molar-refractivity contribution is 6.02. The van der Waals surface area contributed by atoms with E-state index in [9.17, 15) is 9.59 Å². The number of aromatic nitrogens is 4. The molecule has 0 atom stereocenters. The van der Waals surface area contributed by atoms with Crippen molar-refractivity contribution in [3.05, 3.63) is 66.2 Å². The Bertz CT molecular complexity index is 926. The van der Waals surface area contributed by atoms with Gasteiger partial charge in [0.2, 0.25) is 0 Å². The largest absolute Gasteiger partial charge is 0.497 e. The first-order valence-corrected chi connectivity index (χ1v) is 8.20. The Labute approximate surface area is 155 Å². The number of carbonyl (C=O) groups excluding carboxylic acids is 2. The molecule has 1 aromatic carbocycles. The van der Waals surface area contributed by atoms with E-state index in [1.54, 1.807) is 55.8 Å². The fourth-order valence-corrected chi connectivity index (χ4v) is 2.28. The van der Waals surface area contributed by atoms with E-state index in [0.29, 0.717) is 30.2 Å². The summed E-state index contributed by atoms with van der Waals surface area (Å²) in [4.78, 5) is 28.1. The molecule has 0 aliphatic heterocycles. The summed E-state index contributed by atoms with van der Waals surface area (Å²) in [6, 6.07) is 12.1. The van der Waals surface area contributed by atoms with Crippen molar-refractivity contribution in [1.82, 2.24) is 25.3 Å². The van der Waals surface area contributed by atoms with Gasteiger partial charge < -0.3 is 15.4 Å². The number of nitrogens with zero attached hydrogens (tertiary/aromatic N) is 4. The third-order valence-corrected chi connectivity index (χ3v) is 3.62. The van der Waals surface area contributed by atoms with E-state index in [2.05, 4.69) is 25.9 Å². The highest BCUT2D eigenvalue weighted by Gasteiger charge is 2.12. The first kappa shape index (κ1) is 18.1. The first-order valence-electron chi connectivity index (χ1n) is 8.20. The van der Waals surface area contributed by atoms with Gasteiger partial charge in [-0.05, 0) is 24.3 Å². The van der Waals surface area contributed by atoms with E-state index >= 15 is 0 Å². The van der Waals surface area contributed by atoms with Crippen LogP contribution in [0.15, 0.2) is 54.9 Å². The van der Waals surface area contributed by atoms with Crippen molar-refractivity contribution in [2.45, 2.75) is 6.54 Å². The maximum Gasteiger partial charge on any atom is 0.277 e. The van der Waals surface area contributed by atoms with Crippen LogP contribution in [0, 0.1) is 0 Å². The summed E-state index contributed by atoms with van der Waals surface area (Å²) in [7, 11) is 1.55. The minimum Gasteiger partial charge on any atom is -0.497 e. The summed E-state index contributed by atoms with van der Waals surface area (Å²) in [5.74, 6) is -0.0150. The third-order valence-electron chi connectivity index (χ3n) is 3.62. The second kappa shape index (κ2) is 8.56. The molecule has 0 saturated carbocycles. The second-order valence-corrected chi connectivity index (χ2v) is 5.52. The molecule has 2 heterocycles. The predicted molar refractivity (Wildman–Crippen MR) is 97.5 cm³/mol. The van der Waals surface area contributed by atoms with Gasteiger partial charge in [0.1, 0.15) is 11.4 Å². The monoisotopic (exact) mass is 366 g/mol. The summed E-state index contributed by atoms with van der Waals surface area (Å²) < 4.78 is 6.60. The van der Waals surface area contributed by atoms with Gasteiger partial charge in [0.25, 0.3) is 11.8 Å². The van der Waals surface area contributed by atoms with E-state index in [-0.39, 0.29) is 17.5 Å². The standard InChI is InChI=1S/C18H18N6O3/c1-27-14-6-4-5-13(11-14)21-18(26)16-12-24(23-22-16)10-9-20-17(25)15-7-2-3-8-19-15/h2-8,11-12H,9-10H2,1H3,(H,20,25)(H,21,26). The number of ether oxygens (including phenoxy) is 1. The molecule has 27 heavy (non-hydrogen) atoms. The average Bonchev–Trinajstić information content (AvgIpc) is 3.18. The number of hydrogen-bond donors (Lipinski definition) is 2. The van der Waals surface area contributed by atoms with Crippen molar-refractivity contribution < 1.29 is 14.3 Å². The highest BCUT2D eigenvalue weighted by atomic mass is 16.5. The fourth-order valence-electron chi connectivity index (χ4n) is 2.28. The normalized spacial score (nSPS) is 10.3. The topological polar surface area (TPSA) is 111 Å². The lowest BCUT2D eigenvalue weighted by atomic mass is 10.3. The average molecular weight is 366 g/mol. The molecule has 0 bridgehead atoms. The first-order chi connectivity index (χ1) is 13.2. The highest BCUT2D eigenvalue weighted by Crippen LogP contribution is 2.17. The Morgan fingerprint density at radius 3 is 2.78 bits per heavy atom. The van der Waals surface area contributed by atoms with Crippen LogP contribution in [0.4, 0.5) is 5.69 Å². The summed E-state index contributed by atoms with van der Waals surface area (Å²) in [6.45, 7) is 0.702. The molecule has 0 unspecified atom stereocenters. The van der Waals surface area contributed by atoms with E-state index in [1.165, 1.54) is 10.9 Å². The van der Waals surface area contributed by atoms with Crippen LogP contribution in [0.3, 0.4) is 0 Å². The summed E-state index contributed by atoms with van der Waals surface area (Å²) >= 11 is 0. The molecule has 0 aliphatic rings. The molecule has 0 spiro atoms. The van der Waals surface area contributed by atoms with Gasteiger partial charge in [0.05, 0.1) is 19.9 Å². The van der Waals surface area contributed by atoms with Crippen LogP contribution in [0.2, 0.25) is 0 Å². The van der Waals surface area contributed by atoms with E-state index < -0.39 is 0 Å². The van der Waals surface area contributed by atoms with Crippen molar-refractivity contribution in [3.8, 4) is 5.75 Å². The Morgan fingerprint density at radius 1 is 1.11 bits per heavy atom. The molecule has 0 radical (unpaired) electrons. The number of rotatable bonds is 7. The number of nitrogens with one attached hydrogen (secondary N) is 2. The molecule has 3 aromatic rings. The van der Waals surface area contributed by atoms with E-state index in [4.69, 9.17) is 4.74 Å². The zero-order valence-electron chi connectivity index (χ0n) is 14.6. The van der Waals surface area contributed by atoms with Crippen molar-refractivity contribution in [1.29, 1.82) is 0 Å². The number of pyridine rings is 1. The third kappa shape index (κ3) is 4.88. The molecule has 0 saturated heterocycles. The molecule has 2 amide bonds. The molecule has 9 heteroatoms. The Morgan fingerprint density at radius 2 is 2.00 bits per heavy atom. The van der Waals surface area contributed by atoms with Gasteiger partial charge in [-0.25, -0.2) is 4.68 Å². The van der Waals surface area contributed by atoms with Gasteiger partial charge in [-0.1, -0.05) is 17.3 Å². The summed E-state index contributed by atoms with van der Waals surface area (Å²) in [6.07, 6.45) is 3.07. The maximum absolute atomic E-state index is 12.2. The van der Waals surface area contributed by atoms with Crippen LogP contribution in [-0.2, 0) is 6.54 Å². The number of benzene rings is 1. The van der Waals surface area contributed by atoms with Gasteiger partial charge in [0.15, 0.2) is 5.69 Å². The number of methoxy groups -OCH3 is 1. The van der Waals surface area contributed by atoms with Crippen molar-refractivity contribution in [3.63, 3.8) is 0 Å². The summed E-state index contributed by atoms with van der Waals surface area (Å²) in [5.41, 5.74) is 1.11. The minimum absolute atomic E-state index is 0.175.